The molecule has 0 N–H and O–H groups in total. The van der Waals surface area contributed by atoms with E-state index < -0.39 is 11.8 Å². The van der Waals surface area contributed by atoms with Gasteiger partial charge in [-0.2, -0.15) is 0 Å². The van der Waals surface area contributed by atoms with Crippen LogP contribution in [-0.2, 0) is 4.74 Å². The van der Waals surface area contributed by atoms with E-state index in [9.17, 15) is 9.18 Å². The first-order chi connectivity index (χ1) is 8.72. The van der Waals surface area contributed by atoms with Crippen molar-refractivity contribution in [1.82, 2.24) is 0 Å². The van der Waals surface area contributed by atoms with Crippen molar-refractivity contribution in [2.45, 2.75) is 0 Å². The van der Waals surface area contributed by atoms with E-state index in [1.165, 1.54) is 24.5 Å². The Kier molecular flexibility index (Phi) is 3.57. The van der Waals surface area contributed by atoms with Gasteiger partial charge in [-0.15, -0.1) is 0 Å². The van der Waals surface area contributed by atoms with E-state index in [4.69, 9.17) is 9.15 Å². The van der Waals surface area contributed by atoms with Crippen molar-refractivity contribution in [3.63, 3.8) is 0 Å². The lowest BCUT2D eigenvalue weighted by molar-refractivity contribution is 0.0549. The highest BCUT2D eigenvalue weighted by atomic mass is 19.1. The van der Waals surface area contributed by atoms with E-state index in [2.05, 4.69) is 6.58 Å². The summed E-state index contributed by atoms with van der Waals surface area (Å²) >= 11 is 0. The molecule has 1 heterocycles. The third kappa shape index (κ3) is 2.48. The number of hydrogen-bond donors (Lipinski definition) is 0. The molecule has 0 amide bonds. The van der Waals surface area contributed by atoms with Crippen molar-refractivity contribution in [2.24, 2.45) is 0 Å². The molecule has 2 aromatic rings. The minimum atomic E-state index is -0.584. The topological polar surface area (TPSA) is 39.4 Å². The smallest absolute Gasteiger partial charge is 0.338 e. The number of hydrogen-bond acceptors (Lipinski definition) is 3. The molecule has 0 aliphatic carbocycles. The number of benzene rings is 1. The molecule has 0 spiro atoms. The zero-order chi connectivity index (χ0) is 13.0. The van der Waals surface area contributed by atoms with E-state index in [1.807, 2.05) is 0 Å². The molecular weight excluding hydrogens is 235 g/mol. The molecule has 0 aliphatic rings. The van der Waals surface area contributed by atoms with Gasteiger partial charge in [0, 0.05) is 0 Å². The van der Waals surface area contributed by atoms with Gasteiger partial charge < -0.3 is 9.15 Å². The Morgan fingerprint density at radius 2 is 2.28 bits per heavy atom. The first kappa shape index (κ1) is 12.1. The Labute approximate surface area is 103 Å². The van der Waals surface area contributed by atoms with E-state index in [0.717, 1.165) is 6.07 Å². The summed E-state index contributed by atoms with van der Waals surface area (Å²) in [7, 11) is 0. The lowest BCUT2D eigenvalue weighted by Crippen LogP contribution is -2.05. The van der Waals surface area contributed by atoms with Crippen LogP contribution in [0.2, 0.25) is 0 Å². The second-order valence-corrected chi connectivity index (χ2v) is 3.56. The highest BCUT2D eigenvalue weighted by Gasteiger charge is 2.12. The minimum Gasteiger partial charge on any atom is -0.464 e. The maximum atomic E-state index is 13.8. The predicted octanol–water partition coefficient (Wildman–Crippen LogP) is 3.43. The van der Waals surface area contributed by atoms with Crippen LogP contribution in [0.15, 0.2) is 53.7 Å². The first-order valence-electron chi connectivity index (χ1n) is 5.34. The van der Waals surface area contributed by atoms with Gasteiger partial charge in [-0.3, -0.25) is 0 Å². The molecule has 0 radical (unpaired) electrons. The Morgan fingerprint density at radius 1 is 1.44 bits per heavy atom. The van der Waals surface area contributed by atoms with Gasteiger partial charge in [0.15, 0.2) is 0 Å². The molecular formula is C14H11FO3. The van der Waals surface area contributed by atoms with Gasteiger partial charge in [-0.1, -0.05) is 12.7 Å². The third-order valence-corrected chi connectivity index (χ3v) is 2.32. The Balaban J connectivity index is 2.25. The maximum absolute atomic E-state index is 13.8. The van der Waals surface area contributed by atoms with Crippen molar-refractivity contribution >= 4 is 5.97 Å². The van der Waals surface area contributed by atoms with Gasteiger partial charge in [-0.05, 0) is 30.3 Å². The van der Waals surface area contributed by atoms with Gasteiger partial charge >= 0.3 is 5.97 Å². The standard InChI is InChI=1S/C14H11FO3/c1-2-7-18-14(16)10-5-6-11(12(15)9-10)13-4-3-8-17-13/h2-6,8-9H,1,7H2. The van der Waals surface area contributed by atoms with Crippen LogP contribution in [0.1, 0.15) is 10.4 Å². The van der Waals surface area contributed by atoms with Gasteiger partial charge in [0.05, 0.1) is 17.4 Å². The molecule has 0 atom stereocenters. The fourth-order valence-corrected chi connectivity index (χ4v) is 1.49. The van der Waals surface area contributed by atoms with Crippen LogP contribution in [0.4, 0.5) is 4.39 Å². The van der Waals surface area contributed by atoms with Crippen molar-refractivity contribution in [2.75, 3.05) is 6.61 Å². The van der Waals surface area contributed by atoms with Crippen LogP contribution < -0.4 is 0 Å². The summed E-state index contributed by atoms with van der Waals surface area (Å²) < 4.78 is 23.7. The summed E-state index contributed by atoms with van der Waals surface area (Å²) in [5.74, 6) is -0.698. The molecule has 1 aromatic carbocycles. The zero-order valence-corrected chi connectivity index (χ0v) is 9.56. The summed E-state index contributed by atoms with van der Waals surface area (Å²) in [5, 5.41) is 0. The molecule has 0 saturated heterocycles. The quantitative estimate of drug-likeness (QED) is 0.613. The third-order valence-electron chi connectivity index (χ3n) is 2.32. The van der Waals surface area contributed by atoms with Crippen LogP contribution in [0, 0.1) is 5.82 Å². The van der Waals surface area contributed by atoms with Gasteiger partial charge in [-0.25, -0.2) is 9.18 Å². The molecule has 3 nitrogen and oxygen atoms in total. The summed E-state index contributed by atoms with van der Waals surface area (Å²) in [6.45, 7) is 3.53. The second-order valence-electron chi connectivity index (χ2n) is 3.56. The molecule has 1 aromatic heterocycles. The normalized spacial score (nSPS) is 10.1. The highest BCUT2D eigenvalue weighted by Crippen LogP contribution is 2.24. The largest absolute Gasteiger partial charge is 0.464 e. The van der Waals surface area contributed by atoms with Crippen molar-refractivity contribution in [3.8, 4) is 11.3 Å². The van der Waals surface area contributed by atoms with E-state index in [1.54, 1.807) is 12.1 Å². The number of carbonyl (C=O) groups excluding carboxylic acids is 1. The molecule has 0 unspecified atom stereocenters. The van der Waals surface area contributed by atoms with Crippen molar-refractivity contribution in [1.29, 1.82) is 0 Å². The highest BCUT2D eigenvalue weighted by molar-refractivity contribution is 5.90. The number of halogens is 1. The van der Waals surface area contributed by atoms with E-state index in [0.29, 0.717) is 11.3 Å². The van der Waals surface area contributed by atoms with E-state index in [-0.39, 0.29) is 12.2 Å². The van der Waals surface area contributed by atoms with Crippen LogP contribution in [-0.4, -0.2) is 12.6 Å². The predicted molar refractivity (Wildman–Crippen MR) is 64.6 cm³/mol. The number of esters is 1. The van der Waals surface area contributed by atoms with Crippen LogP contribution in [0.5, 0.6) is 0 Å². The summed E-state index contributed by atoms with van der Waals surface area (Å²) in [6.07, 6.45) is 2.91. The molecule has 18 heavy (non-hydrogen) atoms. The van der Waals surface area contributed by atoms with Gasteiger partial charge in [0.25, 0.3) is 0 Å². The fourth-order valence-electron chi connectivity index (χ4n) is 1.49. The van der Waals surface area contributed by atoms with Crippen molar-refractivity contribution < 1.29 is 18.3 Å². The first-order valence-corrected chi connectivity index (χ1v) is 5.34. The summed E-state index contributed by atoms with van der Waals surface area (Å²) in [6, 6.07) is 7.42. The molecule has 0 fully saturated rings. The van der Waals surface area contributed by atoms with Crippen LogP contribution >= 0.6 is 0 Å². The summed E-state index contributed by atoms with van der Waals surface area (Å²) in [4.78, 5) is 11.5. The molecule has 0 bridgehead atoms. The number of rotatable bonds is 4. The Bertz CT molecular complexity index is 558. The maximum Gasteiger partial charge on any atom is 0.338 e. The van der Waals surface area contributed by atoms with E-state index >= 15 is 0 Å². The van der Waals surface area contributed by atoms with Crippen LogP contribution in [0.25, 0.3) is 11.3 Å². The Hall–Kier alpha value is -2.36. The van der Waals surface area contributed by atoms with Gasteiger partial charge in [0.1, 0.15) is 18.2 Å². The Morgan fingerprint density at radius 3 is 2.89 bits per heavy atom. The molecule has 0 saturated carbocycles. The zero-order valence-electron chi connectivity index (χ0n) is 9.56. The lowest BCUT2D eigenvalue weighted by atomic mass is 10.1. The second kappa shape index (κ2) is 5.31. The molecule has 2 rings (SSSR count). The average Bonchev–Trinajstić information content (AvgIpc) is 2.89. The monoisotopic (exact) mass is 246 g/mol. The SMILES string of the molecule is C=CCOC(=O)c1ccc(-c2ccco2)c(F)c1. The molecule has 92 valence electrons. The average molecular weight is 246 g/mol. The number of ether oxygens (including phenoxy) is 1. The summed E-state index contributed by atoms with van der Waals surface area (Å²) in [5.41, 5.74) is 0.463. The fraction of sp³-hybridized carbons (Fsp3) is 0.0714. The van der Waals surface area contributed by atoms with Crippen LogP contribution in [0.3, 0.4) is 0 Å². The minimum absolute atomic E-state index is 0.0976. The number of furan rings is 1. The molecule has 0 aliphatic heterocycles. The molecule has 4 heteroatoms. The number of carbonyl (C=O) groups is 1. The van der Waals surface area contributed by atoms with Crippen molar-refractivity contribution in [3.05, 3.63) is 60.6 Å². The lowest BCUT2D eigenvalue weighted by Gasteiger charge is -2.04. The van der Waals surface area contributed by atoms with Gasteiger partial charge in [0.2, 0.25) is 0 Å².